The van der Waals surface area contributed by atoms with Crippen molar-refractivity contribution in [2.75, 3.05) is 12.8 Å². The van der Waals surface area contributed by atoms with Gasteiger partial charge in [0, 0.05) is 7.05 Å². The SMILES string of the molecule is CCSC(=O)NC. The highest BCUT2D eigenvalue weighted by Gasteiger charge is 1.90. The number of carbonyl (C=O) groups excluding carboxylic acids is 1. The molecule has 2 nitrogen and oxygen atoms in total. The van der Waals surface area contributed by atoms with Gasteiger partial charge in [-0.1, -0.05) is 18.7 Å². The van der Waals surface area contributed by atoms with Gasteiger partial charge in [-0.05, 0) is 5.75 Å². The van der Waals surface area contributed by atoms with Gasteiger partial charge >= 0.3 is 0 Å². The van der Waals surface area contributed by atoms with Crippen LogP contribution in [0.2, 0.25) is 0 Å². The van der Waals surface area contributed by atoms with Crippen molar-refractivity contribution < 1.29 is 4.79 Å². The average molecular weight is 119 g/mol. The molecule has 3 heteroatoms. The lowest BCUT2D eigenvalue weighted by Gasteiger charge is -1.90. The van der Waals surface area contributed by atoms with E-state index in [2.05, 4.69) is 5.32 Å². The monoisotopic (exact) mass is 119 g/mol. The van der Waals surface area contributed by atoms with Gasteiger partial charge in [0.15, 0.2) is 0 Å². The molecule has 0 aromatic carbocycles. The van der Waals surface area contributed by atoms with Crippen LogP contribution in [0.25, 0.3) is 0 Å². The van der Waals surface area contributed by atoms with Crippen molar-refractivity contribution in [1.29, 1.82) is 0 Å². The highest BCUT2D eigenvalue weighted by molar-refractivity contribution is 8.13. The summed E-state index contributed by atoms with van der Waals surface area (Å²) in [6.07, 6.45) is 0. The van der Waals surface area contributed by atoms with E-state index in [9.17, 15) is 4.79 Å². The van der Waals surface area contributed by atoms with E-state index in [1.54, 1.807) is 7.05 Å². The minimum absolute atomic E-state index is 0.0440. The number of rotatable bonds is 1. The minimum Gasteiger partial charge on any atom is -0.350 e. The molecule has 42 valence electrons. The fourth-order valence-corrected chi connectivity index (χ4v) is 0.610. The fraction of sp³-hybridized carbons (Fsp3) is 0.750. The van der Waals surface area contributed by atoms with E-state index in [-0.39, 0.29) is 5.24 Å². The zero-order valence-electron chi connectivity index (χ0n) is 4.52. The first-order valence-corrected chi connectivity index (χ1v) is 3.14. The Morgan fingerprint density at radius 3 is 2.57 bits per heavy atom. The van der Waals surface area contributed by atoms with Crippen LogP contribution in [0.1, 0.15) is 6.92 Å². The smallest absolute Gasteiger partial charge is 0.278 e. The molecule has 0 aromatic heterocycles. The first-order valence-electron chi connectivity index (χ1n) is 2.15. The van der Waals surface area contributed by atoms with E-state index >= 15 is 0 Å². The Labute approximate surface area is 47.7 Å². The van der Waals surface area contributed by atoms with Crippen LogP contribution in [0.3, 0.4) is 0 Å². The number of carbonyl (C=O) groups is 1. The number of hydrogen-bond acceptors (Lipinski definition) is 2. The number of thioether (sulfide) groups is 1. The van der Waals surface area contributed by atoms with Crippen LogP contribution in [0.5, 0.6) is 0 Å². The van der Waals surface area contributed by atoms with Crippen molar-refractivity contribution in [1.82, 2.24) is 5.32 Å². The van der Waals surface area contributed by atoms with Gasteiger partial charge in [-0.25, -0.2) is 0 Å². The second-order valence-corrected chi connectivity index (χ2v) is 2.21. The zero-order chi connectivity index (χ0) is 5.70. The number of amides is 1. The maximum Gasteiger partial charge on any atom is 0.278 e. The van der Waals surface area contributed by atoms with Crippen LogP contribution in [0.15, 0.2) is 0 Å². The molecule has 1 amide bonds. The van der Waals surface area contributed by atoms with E-state index in [1.165, 1.54) is 11.8 Å². The largest absolute Gasteiger partial charge is 0.350 e. The summed E-state index contributed by atoms with van der Waals surface area (Å²) in [5.41, 5.74) is 0. The summed E-state index contributed by atoms with van der Waals surface area (Å²) in [6.45, 7) is 1.94. The van der Waals surface area contributed by atoms with E-state index < -0.39 is 0 Å². The van der Waals surface area contributed by atoms with E-state index in [0.717, 1.165) is 5.75 Å². The van der Waals surface area contributed by atoms with E-state index in [4.69, 9.17) is 0 Å². The molecule has 0 radical (unpaired) electrons. The number of hydrogen-bond donors (Lipinski definition) is 1. The average Bonchev–Trinajstić information content (AvgIpc) is 1.68. The molecular weight excluding hydrogens is 110 g/mol. The van der Waals surface area contributed by atoms with Crippen LogP contribution < -0.4 is 5.32 Å². The molecule has 0 atom stereocenters. The maximum absolute atomic E-state index is 10.3. The first-order chi connectivity index (χ1) is 3.31. The third-order valence-corrected chi connectivity index (χ3v) is 1.23. The van der Waals surface area contributed by atoms with Crippen LogP contribution in [0, 0.1) is 0 Å². The molecule has 0 unspecified atom stereocenters. The Morgan fingerprint density at radius 2 is 2.43 bits per heavy atom. The van der Waals surface area contributed by atoms with Crippen molar-refractivity contribution in [3.8, 4) is 0 Å². The summed E-state index contributed by atoms with van der Waals surface area (Å²) in [5.74, 6) is 0.847. The summed E-state index contributed by atoms with van der Waals surface area (Å²) in [5, 5.41) is 2.53. The Kier molecular flexibility index (Phi) is 3.89. The molecule has 0 aliphatic rings. The lowest BCUT2D eigenvalue weighted by atomic mass is 11.0. The molecule has 1 N–H and O–H groups in total. The minimum atomic E-state index is 0.0440. The van der Waals surface area contributed by atoms with Crippen molar-refractivity contribution in [2.24, 2.45) is 0 Å². The lowest BCUT2D eigenvalue weighted by molar-refractivity contribution is 0.262. The van der Waals surface area contributed by atoms with Crippen molar-refractivity contribution in [3.63, 3.8) is 0 Å². The second kappa shape index (κ2) is 3.99. The normalized spacial score (nSPS) is 8.29. The molecule has 0 heterocycles. The molecule has 0 aromatic rings. The Bertz CT molecular complexity index is 64.7. The molecule has 0 saturated carbocycles. The molecule has 0 aliphatic heterocycles. The topological polar surface area (TPSA) is 29.1 Å². The molecule has 0 aliphatic carbocycles. The highest BCUT2D eigenvalue weighted by Crippen LogP contribution is 1.96. The van der Waals surface area contributed by atoms with Gasteiger partial charge in [-0.2, -0.15) is 0 Å². The molecule has 0 bridgehead atoms. The lowest BCUT2D eigenvalue weighted by Crippen LogP contribution is -2.10. The Hall–Kier alpha value is -0.180. The van der Waals surface area contributed by atoms with Gasteiger partial charge in [0.25, 0.3) is 5.24 Å². The maximum atomic E-state index is 10.3. The van der Waals surface area contributed by atoms with Gasteiger partial charge < -0.3 is 5.32 Å². The van der Waals surface area contributed by atoms with Gasteiger partial charge in [0.2, 0.25) is 0 Å². The quantitative estimate of drug-likeness (QED) is 0.559. The van der Waals surface area contributed by atoms with Crippen LogP contribution in [-0.2, 0) is 0 Å². The predicted octanol–water partition coefficient (Wildman–Crippen LogP) is 1.08. The summed E-state index contributed by atoms with van der Waals surface area (Å²) in [7, 11) is 1.63. The van der Waals surface area contributed by atoms with Crippen LogP contribution >= 0.6 is 11.8 Å². The molecule has 0 fully saturated rings. The predicted molar refractivity (Wildman–Crippen MR) is 32.6 cm³/mol. The van der Waals surface area contributed by atoms with Gasteiger partial charge in [0.05, 0.1) is 0 Å². The fourth-order valence-electron chi connectivity index (χ4n) is 0.203. The first kappa shape index (κ1) is 6.82. The molecule has 0 rings (SSSR count). The van der Waals surface area contributed by atoms with Gasteiger partial charge in [0.1, 0.15) is 0 Å². The molecule has 0 saturated heterocycles. The van der Waals surface area contributed by atoms with Gasteiger partial charge in [-0.3, -0.25) is 4.79 Å². The second-order valence-electron chi connectivity index (χ2n) is 0.970. The Morgan fingerprint density at radius 1 is 1.86 bits per heavy atom. The summed E-state index contributed by atoms with van der Waals surface area (Å²) in [6, 6.07) is 0. The van der Waals surface area contributed by atoms with Crippen LogP contribution in [0.4, 0.5) is 4.79 Å². The highest BCUT2D eigenvalue weighted by atomic mass is 32.2. The summed E-state index contributed by atoms with van der Waals surface area (Å²) >= 11 is 1.28. The Balaban J connectivity index is 3.00. The van der Waals surface area contributed by atoms with Gasteiger partial charge in [-0.15, -0.1) is 0 Å². The number of nitrogens with one attached hydrogen (secondary N) is 1. The standard InChI is InChI=1S/C4H9NOS/c1-3-7-4(6)5-2/h3H2,1-2H3,(H,5,6). The molecule has 0 spiro atoms. The third-order valence-electron chi connectivity index (χ3n) is 0.480. The summed E-state index contributed by atoms with van der Waals surface area (Å²) < 4.78 is 0. The molecular formula is C4H9NOS. The van der Waals surface area contributed by atoms with Crippen molar-refractivity contribution in [3.05, 3.63) is 0 Å². The van der Waals surface area contributed by atoms with E-state index in [0.29, 0.717) is 0 Å². The zero-order valence-corrected chi connectivity index (χ0v) is 5.34. The third kappa shape index (κ3) is 3.66. The molecule has 7 heavy (non-hydrogen) atoms. The summed E-state index contributed by atoms with van der Waals surface area (Å²) in [4.78, 5) is 10.3. The van der Waals surface area contributed by atoms with Crippen LogP contribution in [-0.4, -0.2) is 18.0 Å². The van der Waals surface area contributed by atoms with Crippen molar-refractivity contribution in [2.45, 2.75) is 6.92 Å². The van der Waals surface area contributed by atoms with Crippen molar-refractivity contribution >= 4 is 17.0 Å². The van der Waals surface area contributed by atoms with E-state index in [1.807, 2.05) is 6.92 Å².